The molecular formula is C17H23N3O2. The summed E-state index contributed by atoms with van der Waals surface area (Å²) in [5.74, 6) is 0.751. The molecule has 0 spiro atoms. The second kappa shape index (κ2) is 6.64. The second-order valence-corrected chi connectivity index (χ2v) is 5.53. The number of ether oxygens (including phenoxy) is 1. The Labute approximate surface area is 131 Å². The van der Waals surface area contributed by atoms with Crippen LogP contribution in [0.25, 0.3) is 0 Å². The van der Waals surface area contributed by atoms with E-state index < -0.39 is 0 Å². The topological polar surface area (TPSA) is 56.1 Å². The Hall–Kier alpha value is -2.30. The van der Waals surface area contributed by atoms with Crippen molar-refractivity contribution in [2.24, 2.45) is 7.05 Å². The highest BCUT2D eigenvalue weighted by atomic mass is 16.5. The van der Waals surface area contributed by atoms with Gasteiger partial charge in [-0.3, -0.25) is 9.48 Å². The first-order chi connectivity index (χ1) is 10.4. The summed E-state index contributed by atoms with van der Waals surface area (Å²) in [7, 11) is 3.53. The Morgan fingerprint density at radius 3 is 2.73 bits per heavy atom. The van der Waals surface area contributed by atoms with Gasteiger partial charge in [-0.05, 0) is 38.5 Å². The number of hydrogen-bond acceptors (Lipinski definition) is 3. The Bertz CT molecular complexity index is 677. The van der Waals surface area contributed by atoms with E-state index in [1.165, 1.54) is 0 Å². The summed E-state index contributed by atoms with van der Waals surface area (Å²) in [4.78, 5) is 12.2. The van der Waals surface area contributed by atoms with E-state index in [1.807, 2.05) is 56.8 Å². The number of nitrogens with zero attached hydrogens (tertiary/aromatic N) is 2. The van der Waals surface area contributed by atoms with Gasteiger partial charge in [0.2, 0.25) is 5.91 Å². The Morgan fingerprint density at radius 2 is 2.14 bits per heavy atom. The molecular weight excluding hydrogens is 278 g/mol. The molecule has 0 fully saturated rings. The summed E-state index contributed by atoms with van der Waals surface area (Å²) >= 11 is 0. The molecule has 1 aromatic heterocycles. The van der Waals surface area contributed by atoms with E-state index in [9.17, 15) is 4.79 Å². The molecule has 2 aromatic rings. The zero-order valence-corrected chi connectivity index (χ0v) is 13.8. The van der Waals surface area contributed by atoms with Gasteiger partial charge in [0.15, 0.2) is 0 Å². The van der Waals surface area contributed by atoms with Crippen LogP contribution in [-0.4, -0.2) is 22.8 Å². The first kappa shape index (κ1) is 16.1. The van der Waals surface area contributed by atoms with Crippen LogP contribution in [0.3, 0.4) is 0 Å². The first-order valence-electron chi connectivity index (χ1n) is 7.34. The van der Waals surface area contributed by atoms with E-state index >= 15 is 0 Å². The number of carbonyl (C=O) groups is 1. The SMILES string of the molecule is COc1cccc(CC(=O)NC(C)c2c(C)nn(C)c2C)c1. The van der Waals surface area contributed by atoms with E-state index in [1.54, 1.807) is 7.11 Å². The van der Waals surface area contributed by atoms with Crippen LogP contribution in [0.1, 0.15) is 35.5 Å². The molecule has 0 saturated carbocycles. The zero-order chi connectivity index (χ0) is 16.3. The Morgan fingerprint density at radius 1 is 1.41 bits per heavy atom. The van der Waals surface area contributed by atoms with Gasteiger partial charge < -0.3 is 10.1 Å². The third kappa shape index (κ3) is 3.47. The van der Waals surface area contributed by atoms with E-state index in [-0.39, 0.29) is 11.9 Å². The maximum absolute atomic E-state index is 12.2. The highest BCUT2D eigenvalue weighted by Crippen LogP contribution is 2.21. The highest BCUT2D eigenvalue weighted by Gasteiger charge is 2.18. The highest BCUT2D eigenvalue weighted by molar-refractivity contribution is 5.79. The van der Waals surface area contributed by atoms with Crippen LogP contribution in [0.4, 0.5) is 0 Å². The summed E-state index contributed by atoms with van der Waals surface area (Å²) in [5, 5.41) is 7.44. The quantitative estimate of drug-likeness (QED) is 0.923. The van der Waals surface area contributed by atoms with Crippen molar-refractivity contribution >= 4 is 5.91 Å². The fourth-order valence-corrected chi connectivity index (χ4v) is 2.75. The molecule has 5 heteroatoms. The molecule has 1 unspecified atom stereocenters. The van der Waals surface area contributed by atoms with Crippen molar-refractivity contribution in [3.8, 4) is 5.75 Å². The summed E-state index contributed by atoms with van der Waals surface area (Å²) in [6.45, 7) is 5.97. The molecule has 1 aromatic carbocycles. The zero-order valence-electron chi connectivity index (χ0n) is 13.8. The third-order valence-electron chi connectivity index (χ3n) is 3.87. The number of aromatic nitrogens is 2. The molecule has 0 aliphatic rings. The minimum atomic E-state index is -0.0631. The van der Waals surface area contributed by atoms with E-state index in [0.717, 1.165) is 28.3 Å². The van der Waals surface area contributed by atoms with Crippen molar-refractivity contribution in [3.63, 3.8) is 0 Å². The summed E-state index contributed by atoms with van der Waals surface area (Å²) in [5.41, 5.74) is 4.05. The standard InChI is InChI=1S/C17H23N3O2/c1-11(17-12(2)19-20(4)13(17)3)18-16(21)10-14-7-6-8-15(9-14)22-5/h6-9,11H,10H2,1-5H3,(H,18,21). The van der Waals surface area contributed by atoms with Crippen molar-refractivity contribution in [1.82, 2.24) is 15.1 Å². The number of aryl methyl sites for hydroxylation is 2. The molecule has 0 radical (unpaired) electrons. The lowest BCUT2D eigenvalue weighted by Crippen LogP contribution is -2.28. The smallest absolute Gasteiger partial charge is 0.224 e. The van der Waals surface area contributed by atoms with Crippen LogP contribution >= 0.6 is 0 Å². The van der Waals surface area contributed by atoms with Crippen LogP contribution in [0.15, 0.2) is 24.3 Å². The number of carbonyl (C=O) groups excluding carboxylic acids is 1. The number of hydrogen-bond donors (Lipinski definition) is 1. The van der Waals surface area contributed by atoms with Crippen molar-refractivity contribution in [2.45, 2.75) is 33.2 Å². The lowest BCUT2D eigenvalue weighted by Gasteiger charge is -2.15. The predicted octanol–water partition coefficient (Wildman–Crippen LogP) is 2.47. The minimum absolute atomic E-state index is 0.0107. The van der Waals surface area contributed by atoms with E-state index in [4.69, 9.17) is 4.74 Å². The van der Waals surface area contributed by atoms with Gasteiger partial charge >= 0.3 is 0 Å². The molecule has 5 nitrogen and oxygen atoms in total. The van der Waals surface area contributed by atoms with Gasteiger partial charge in [0.25, 0.3) is 0 Å². The maximum atomic E-state index is 12.2. The predicted molar refractivity (Wildman–Crippen MR) is 85.9 cm³/mol. The second-order valence-electron chi connectivity index (χ2n) is 5.53. The Balaban J connectivity index is 2.05. The molecule has 0 bridgehead atoms. The fourth-order valence-electron chi connectivity index (χ4n) is 2.75. The van der Waals surface area contributed by atoms with Crippen LogP contribution in [0.2, 0.25) is 0 Å². The molecule has 1 amide bonds. The van der Waals surface area contributed by atoms with Gasteiger partial charge in [-0.25, -0.2) is 0 Å². The van der Waals surface area contributed by atoms with Gasteiger partial charge in [0.1, 0.15) is 5.75 Å². The van der Waals surface area contributed by atoms with Crippen LogP contribution in [0, 0.1) is 13.8 Å². The molecule has 0 saturated heterocycles. The average molecular weight is 301 g/mol. The van der Waals surface area contributed by atoms with Crippen LogP contribution in [0.5, 0.6) is 5.75 Å². The monoisotopic (exact) mass is 301 g/mol. The van der Waals surface area contributed by atoms with Gasteiger partial charge in [0.05, 0.1) is 25.3 Å². The van der Waals surface area contributed by atoms with E-state index in [0.29, 0.717) is 6.42 Å². The third-order valence-corrected chi connectivity index (χ3v) is 3.87. The summed E-state index contributed by atoms with van der Waals surface area (Å²) in [6.07, 6.45) is 0.333. The number of amides is 1. The molecule has 2 rings (SSSR count). The summed E-state index contributed by atoms with van der Waals surface area (Å²) < 4.78 is 7.02. The molecule has 22 heavy (non-hydrogen) atoms. The molecule has 1 N–H and O–H groups in total. The van der Waals surface area contributed by atoms with Gasteiger partial charge in [-0.2, -0.15) is 5.10 Å². The fraction of sp³-hybridized carbons (Fsp3) is 0.412. The van der Waals surface area contributed by atoms with Gasteiger partial charge in [0, 0.05) is 18.3 Å². The molecule has 0 aliphatic carbocycles. The maximum Gasteiger partial charge on any atom is 0.224 e. The lowest BCUT2D eigenvalue weighted by molar-refractivity contribution is -0.121. The number of methoxy groups -OCH3 is 1. The Kier molecular flexibility index (Phi) is 4.85. The van der Waals surface area contributed by atoms with Crippen molar-refractivity contribution < 1.29 is 9.53 Å². The minimum Gasteiger partial charge on any atom is -0.497 e. The van der Waals surface area contributed by atoms with Crippen molar-refractivity contribution in [3.05, 3.63) is 46.8 Å². The van der Waals surface area contributed by atoms with Crippen LogP contribution in [-0.2, 0) is 18.3 Å². The average Bonchev–Trinajstić information content (AvgIpc) is 2.72. The number of benzene rings is 1. The number of nitrogens with one attached hydrogen (secondary N) is 1. The van der Waals surface area contributed by atoms with Gasteiger partial charge in [-0.15, -0.1) is 0 Å². The normalized spacial score (nSPS) is 12.0. The largest absolute Gasteiger partial charge is 0.497 e. The van der Waals surface area contributed by atoms with Crippen molar-refractivity contribution in [2.75, 3.05) is 7.11 Å². The molecule has 1 atom stereocenters. The number of rotatable bonds is 5. The molecule has 0 aliphatic heterocycles. The van der Waals surface area contributed by atoms with E-state index in [2.05, 4.69) is 10.4 Å². The lowest BCUT2D eigenvalue weighted by atomic mass is 10.1. The van der Waals surface area contributed by atoms with Crippen molar-refractivity contribution in [1.29, 1.82) is 0 Å². The molecule has 1 heterocycles. The first-order valence-corrected chi connectivity index (χ1v) is 7.34. The summed E-state index contributed by atoms with van der Waals surface area (Å²) in [6, 6.07) is 7.50. The van der Waals surface area contributed by atoms with Gasteiger partial charge in [-0.1, -0.05) is 12.1 Å². The van der Waals surface area contributed by atoms with Crippen LogP contribution < -0.4 is 10.1 Å². The molecule has 118 valence electrons.